The molecule has 100 valence electrons. The van der Waals surface area contributed by atoms with E-state index in [0.29, 0.717) is 0 Å². The Morgan fingerprint density at radius 3 is 2.67 bits per heavy atom. The van der Waals surface area contributed by atoms with E-state index >= 15 is 0 Å². The van der Waals surface area contributed by atoms with Crippen LogP contribution in [-0.4, -0.2) is 32.1 Å². The van der Waals surface area contributed by atoms with E-state index < -0.39 is 34.4 Å². The minimum atomic E-state index is -4.01. The predicted molar refractivity (Wildman–Crippen MR) is 64.5 cm³/mol. The maximum absolute atomic E-state index is 13.2. The van der Waals surface area contributed by atoms with Crippen molar-refractivity contribution in [2.24, 2.45) is 5.73 Å². The van der Waals surface area contributed by atoms with E-state index in [9.17, 15) is 17.6 Å². The molecule has 0 fully saturated rings. The van der Waals surface area contributed by atoms with Crippen molar-refractivity contribution >= 4 is 31.9 Å². The van der Waals surface area contributed by atoms with Crippen LogP contribution in [-0.2, 0) is 14.8 Å². The molecule has 1 atom stereocenters. The zero-order valence-electron chi connectivity index (χ0n) is 8.93. The highest BCUT2D eigenvalue weighted by atomic mass is 79.9. The molecule has 0 saturated heterocycles. The number of aliphatic hydroxyl groups is 1. The van der Waals surface area contributed by atoms with E-state index in [2.05, 4.69) is 15.9 Å². The Morgan fingerprint density at radius 1 is 1.56 bits per heavy atom. The smallest absolute Gasteiger partial charge is 0.247 e. The molecule has 0 spiro atoms. The van der Waals surface area contributed by atoms with Crippen LogP contribution in [0.25, 0.3) is 0 Å². The number of carbonyl (C=O) groups is 1. The first kappa shape index (κ1) is 15.0. The summed E-state index contributed by atoms with van der Waals surface area (Å²) < 4.78 is 38.6. The van der Waals surface area contributed by atoms with Crippen LogP contribution in [0.15, 0.2) is 27.6 Å². The molecule has 6 nitrogen and oxygen atoms in total. The summed E-state index contributed by atoms with van der Waals surface area (Å²) in [5, 5.41) is 9.05. The highest BCUT2D eigenvalue weighted by Gasteiger charge is 2.19. The molecule has 0 aliphatic heterocycles. The number of hydrogen-bond acceptors (Lipinski definition) is 4. The monoisotopic (exact) mass is 340 g/mol. The molecular formula is C9H10BrFN2O4S. The molecule has 0 aliphatic carbocycles. The summed E-state index contributed by atoms with van der Waals surface area (Å²) in [5.74, 6) is -1.80. The standard InChI is InChI=1S/C9H10BrFN2O4S/c10-6-2-1-5(3-7(6)11)18(16,17)13-4-8(14)9(12)15/h1-3,8,13-14H,4H2,(H2,12,15). The molecule has 4 N–H and O–H groups in total. The van der Waals surface area contributed by atoms with E-state index in [4.69, 9.17) is 10.8 Å². The third-order valence-corrected chi connectivity index (χ3v) is 4.06. The van der Waals surface area contributed by atoms with Gasteiger partial charge in [0.15, 0.2) is 0 Å². The van der Waals surface area contributed by atoms with Gasteiger partial charge in [0.25, 0.3) is 0 Å². The zero-order valence-corrected chi connectivity index (χ0v) is 11.3. The van der Waals surface area contributed by atoms with Crippen LogP contribution in [0.3, 0.4) is 0 Å². The molecule has 1 amide bonds. The SMILES string of the molecule is NC(=O)C(O)CNS(=O)(=O)c1ccc(Br)c(F)c1. The van der Waals surface area contributed by atoms with Gasteiger partial charge in [-0.2, -0.15) is 0 Å². The third kappa shape index (κ3) is 3.73. The number of amides is 1. The predicted octanol–water partition coefficient (Wildman–Crippen LogP) is -0.287. The molecule has 0 radical (unpaired) electrons. The average molecular weight is 341 g/mol. The second-order valence-corrected chi connectivity index (χ2v) is 5.97. The van der Waals surface area contributed by atoms with Gasteiger partial charge in [0.1, 0.15) is 11.9 Å². The molecule has 1 rings (SSSR count). The fourth-order valence-corrected chi connectivity index (χ4v) is 2.31. The Bertz CT molecular complexity index is 564. The number of primary amides is 1. The van der Waals surface area contributed by atoms with Crippen LogP contribution in [0, 0.1) is 5.82 Å². The quantitative estimate of drug-likeness (QED) is 0.684. The lowest BCUT2D eigenvalue weighted by atomic mass is 10.3. The van der Waals surface area contributed by atoms with E-state index in [1.54, 1.807) is 0 Å². The van der Waals surface area contributed by atoms with Crippen LogP contribution in [0.1, 0.15) is 0 Å². The maximum Gasteiger partial charge on any atom is 0.247 e. The van der Waals surface area contributed by atoms with E-state index in [1.165, 1.54) is 12.1 Å². The molecule has 0 saturated carbocycles. The molecule has 1 aromatic rings. The highest BCUT2D eigenvalue weighted by molar-refractivity contribution is 9.10. The molecule has 18 heavy (non-hydrogen) atoms. The summed E-state index contributed by atoms with van der Waals surface area (Å²) in [6, 6.07) is 3.21. The van der Waals surface area contributed by atoms with Crippen LogP contribution in [0.5, 0.6) is 0 Å². The minimum absolute atomic E-state index is 0.124. The summed E-state index contributed by atoms with van der Waals surface area (Å²) in [7, 11) is -4.01. The summed E-state index contributed by atoms with van der Waals surface area (Å²) in [5.41, 5.74) is 4.76. The van der Waals surface area contributed by atoms with Crippen molar-refractivity contribution in [2.45, 2.75) is 11.0 Å². The van der Waals surface area contributed by atoms with Gasteiger partial charge in [-0.3, -0.25) is 4.79 Å². The Labute approximate surface area is 111 Å². The number of carbonyl (C=O) groups excluding carboxylic acids is 1. The number of aliphatic hydroxyl groups excluding tert-OH is 1. The van der Waals surface area contributed by atoms with Gasteiger partial charge in [-0.25, -0.2) is 17.5 Å². The second-order valence-electron chi connectivity index (χ2n) is 3.35. The lowest BCUT2D eigenvalue weighted by Gasteiger charge is -2.09. The van der Waals surface area contributed by atoms with E-state index in [-0.39, 0.29) is 9.37 Å². The first-order chi connectivity index (χ1) is 8.24. The largest absolute Gasteiger partial charge is 0.382 e. The molecule has 9 heteroatoms. The van der Waals surface area contributed by atoms with Gasteiger partial charge in [-0.05, 0) is 34.1 Å². The Kier molecular flexibility index (Phi) is 4.79. The fraction of sp³-hybridized carbons (Fsp3) is 0.222. The Balaban J connectivity index is 2.87. The molecule has 0 bridgehead atoms. The maximum atomic E-state index is 13.2. The number of nitrogens with two attached hydrogens (primary N) is 1. The first-order valence-electron chi connectivity index (χ1n) is 4.66. The van der Waals surface area contributed by atoms with Gasteiger partial charge in [0.05, 0.1) is 9.37 Å². The molecule has 0 aromatic heterocycles. The Hall–Kier alpha value is -1.03. The van der Waals surface area contributed by atoms with Crippen LogP contribution >= 0.6 is 15.9 Å². The number of rotatable bonds is 5. The van der Waals surface area contributed by atoms with Gasteiger partial charge < -0.3 is 10.8 Å². The van der Waals surface area contributed by atoms with Crippen molar-refractivity contribution in [3.8, 4) is 0 Å². The van der Waals surface area contributed by atoms with Crippen molar-refractivity contribution in [1.29, 1.82) is 0 Å². The van der Waals surface area contributed by atoms with Gasteiger partial charge in [0.2, 0.25) is 15.9 Å². The van der Waals surface area contributed by atoms with Gasteiger partial charge in [-0.15, -0.1) is 0 Å². The van der Waals surface area contributed by atoms with Crippen LogP contribution < -0.4 is 10.5 Å². The van der Waals surface area contributed by atoms with E-state index in [1.807, 2.05) is 4.72 Å². The van der Waals surface area contributed by atoms with Crippen molar-refractivity contribution < 1.29 is 22.7 Å². The van der Waals surface area contributed by atoms with Crippen molar-refractivity contribution in [3.63, 3.8) is 0 Å². The molecule has 1 unspecified atom stereocenters. The number of benzene rings is 1. The fourth-order valence-electron chi connectivity index (χ4n) is 1.02. The van der Waals surface area contributed by atoms with Gasteiger partial charge in [0, 0.05) is 6.54 Å². The van der Waals surface area contributed by atoms with Crippen molar-refractivity contribution in [3.05, 3.63) is 28.5 Å². The Morgan fingerprint density at radius 2 is 2.17 bits per heavy atom. The second kappa shape index (κ2) is 5.74. The molecular weight excluding hydrogens is 331 g/mol. The van der Waals surface area contributed by atoms with Crippen molar-refractivity contribution in [1.82, 2.24) is 4.72 Å². The first-order valence-corrected chi connectivity index (χ1v) is 6.94. The molecule has 1 aromatic carbocycles. The number of nitrogens with one attached hydrogen (secondary N) is 1. The van der Waals surface area contributed by atoms with Gasteiger partial charge in [-0.1, -0.05) is 0 Å². The lowest BCUT2D eigenvalue weighted by Crippen LogP contribution is -2.39. The summed E-state index contributed by atoms with van der Waals surface area (Å²) in [4.78, 5) is 10.2. The normalized spacial score (nSPS) is 13.3. The third-order valence-electron chi connectivity index (χ3n) is 2.00. The van der Waals surface area contributed by atoms with Crippen molar-refractivity contribution in [2.75, 3.05) is 6.54 Å². The van der Waals surface area contributed by atoms with Crippen LogP contribution in [0.2, 0.25) is 0 Å². The summed E-state index contributed by atoms with van der Waals surface area (Å²) >= 11 is 2.89. The van der Waals surface area contributed by atoms with Crippen LogP contribution in [0.4, 0.5) is 4.39 Å². The number of sulfonamides is 1. The lowest BCUT2D eigenvalue weighted by molar-refractivity contribution is -0.125. The average Bonchev–Trinajstić information content (AvgIpc) is 2.29. The summed E-state index contributed by atoms with van der Waals surface area (Å²) in [6.45, 7) is -0.574. The molecule has 0 heterocycles. The molecule has 0 aliphatic rings. The van der Waals surface area contributed by atoms with E-state index in [0.717, 1.165) is 6.07 Å². The van der Waals surface area contributed by atoms with Gasteiger partial charge >= 0.3 is 0 Å². The number of halogens is 2. The summed E-state index contributed by atoms with van der Waals surface area (Å²) in [6.07, 6.45) is -1.64. The minimum Gasteiger partial charge on any atom is -0.382 e. The zero-order chi connectivity index (χ0) is 13.9. The number of hydrogen-bond donors (Lipinski definition) is 3. The highest BCUT2D eigenvalue weighted by Crippen LogP contribution is 2.19. The topological polar surface area (TPSA) is 109 Å².